The summed E-state index contributed by atoms with van der Waals surface area (Å²) < 4.78 is 10.5. The summed E-state index contributed by atoms with van der Waals surface area (Å²) in [5.41, 5.74) is 6.62. The van der Waals surface area contributed by atoms with E-state index in [0.717, 1.165) is 5.56 Å². The lowest BCUT2D eigenvalue weighted by molar-refractivity contribution is 0.354. The smallest absolute Gasteiger partial charge is 0.223 e. The molecule has 6 heteroatoms. The van der Waals surface area contributed by atoms with Crippen molar-refractivity contribution in [3.8, 4) is 11.5 Å². The summed E-state index contributed by atoms with van der Waals surface area (Å²) in [5.74, 6) is 2.86. The minimum absolute atomic E-state index is 0.239. The monoisotopic (exact) mass is 260 g/mol. The molecule has 0 radical (unpaired) electrons. The molecule has 2 N–H and O–H groups in total. The first-order chi connectivity index (χ1) is 9.12. The zero-order valence-corrected chi connectivity index (χ0v) is 11.2. The Kier molecular flexibility index (Phi) is 3.79. The van der Waals surface area contributed by atoms with Crippen LogP contribution in [-0.4, -0.2) is 29.2 Å². The van der Waals surface area contributed by atoms with Crippen molar-refractivity contribution in [3.63, 3.8) is 0 Å². The first kappa shape index (κ1) is 13.1. The van der Waals surface area contributed by atoms with E-state index in [1.54, 1.807) is 21.1 Å². The summed E-state index contributed by atoms with van der Waals surface area (Å²) >= 11 is 0. The average molecular weight is 260 g/mol. The van der Waals surface area contributed by atoms with Gasteiger partial charge >= 0.3 is 0 Å². The molecule has 1 aromatic heterocycles. The van der Waals surface area contributed by atoms with Crippen LogP contribution in [0.3, 0.4) is 0 Å². The first-order valence-electron chi connectivity index (χ1n) is 5.80. The van der Waals surface area contributed by atoms with Gasteiger partial charge in [0, 0.05) is 6.42 Å². The maximum Gasteiger partial charge on any atom is 0.223 e. The molecular formula is C13H16N4O2. The van der Waals surface area contributed by atoms with Gasteiger partial charge in [-0.2, -0.15) is 9.97 Å². The maximum atomic E-state index is 5.61. The van der Waals surface area contributed by atoms with Gasteiger partial charge in [-0.15, -0.1) is 0 Å². The molecule has 0 atom stereocenters. The van der Waals surface area contributed by atoms with Crippen LogP contribution >= 0.6 is 0 Å². The predicted octanol–water partition coefficient (Wildman–Crippen LogP) is 1.37. The molecule has 0 aliphatic rings. The standard InChI is InChI=1S/C13H16N4O2/c1-8-15-12(17-13(14)16-8)7-9-4-5-10(18-2)11(6-9)19-3/h4-6H,7H2,1-3H3,(H2,14,15,16,17). The molecule has 100 valence electrons. The van der Waals surface area contributed by atoms with E-state index in [4.69, 9.17) is 15.2 Å². The third kappa shape index (κ3) is 3.09. The Morgan fingerprint density at radius 1 is 1.05 bits per heavy atom. The molecule has 1 aromatic carbocycles. The summed E-state index contributed by atoms with van der Waals surface area (Å²) in [6, 6.07) is 5.69. The van der Waals surface area contributed by atoms with Gasteiger partial charge in [-0.1, -0.05) is 6.07 Å². The summed E-state index contributed by atoms with van der Waals surface area (Å²) in [5, 5.41) is 0. The molecular weight excluding hydrogens is 244 g/mol. The van der Waals surface area contributed by atoms with Gasteiger partial charge in [-0.05, 0) is 24.6 Å². The van der Waals surface area contributed by atoms with Crippen molar-refractivity contribution in [3.05, 3.63) is 35.4 Å². The summed E-state index contributed by atoms with van der Waals surface area (Å²) in [6.07, 6.45) is 0.563. The van der Waals surface area contributed by atoms with Crippen molar-refractivity contribution in [1.29, 1.82) is 0 Å². The zero-order chi connectivity index (χ0) is 13.8. The number of aromatic nitrogens is 3. The normalized spacial score (nSPS) is 10.3. The molecule has 0 saturated carbocycles. The third-order valence-electron chi connectivity index (χ3n) is 2.62. The van der Waals surface area contributed by atoms with Crippen LogP contribution in [0.5, 0.6) is 11.5 Å². The summed E-state index contributed by atoms with van der Waals surface area (Å²) in [4.78, 5) is 12.3. The molecule has 1 heterocycles. The number of hydrogen-bond donors (Lipinski definition) is 1. The van der Waals surface area contributed by atoms with Gasteiger partial charge in [0.1, 0.15) is 11.6 Å². The van der Waals surface area contributed by atoms with E-state index in [1.165, 1.54) is 0 Å². The third-order valence-corrected chi connectivity index (χ3v) is 2.62. The minimum atomic E-state index is 0.239. The van der Waals surface area contributed by atoms with Crippen molar-refractivity contribution >= 4 is 5.95 Å². The second-order valence-corrected chi connectivity index (χ2v) is 4.02. The Morgan fingerprint density at radius 3 is 2.42 bits per heavy atom. The summed E-state index contributed by atoms with van der Waals surface area (Å²) in [7, 11) is 3.21. The highest BCUT2D eigenvalue weighted by Crippen LogP contribution is 2.28. The quantitative estimate of drug-likeness (QED) is 0.894. The zero-order valence-electron chi connectivity index (χ0n) is 11.2. The number of ether oxygens (including phenoxy) is 2. The van der Waals surface area contributed by atoms with E-state index < -0.39 is 0 Å². The van der Waals surface area contributed by atoms with Gasteiger partial charge in [0.2, 0.25) is 5.95 Å². The molecule has 0 amide bonds. The average Bonchev–Trinajstić information content (AvgIpc) is 2.37. The molecule has 0 aliphatic carbocycles. The number of aryl methyl sites for hydroxylation is 1. The fraction of sp³-hybridized carbons (Fsp3) is 0.308. The maximum absolute atomic E-state index is 5.61. The van der Waals surface area contributed by atoms with Gasteiger partial charge in [0.25, 0.3) is 0 Å². The van der Waals surface area contributed by atoms with Crippen molar-refractivity contribution in [1.82, 2.24) is 15.0 Å². The van der Waals surface area contributed by atoms with Crippen molar-refractivity contribution < 1.29 is 9.47 Å². The predicted molar refractivity (Wildman–Crippen MR) is 71.3 cm³/mol. The Balaban J connectivity index is 2.28. The molecule has 0 aliphatic heterocycles. The number of benzene rings is 1. The molecule has 6 nitrogen and oxygen atoms in total. The van der Waals surface area contributed by atoms with Crippen LogP contribution in [0.2, 0.25) is 0 Å². The Hall–Kier alpha value is -2.37. The number of hydrogen-bond acceptors (Lipinski definition) is 6. The fourth-order valence-corrected chi connectivity index (χ4v) is 1.81. The highest BCUT2D eigenvalue weighted by Gasteiger charge is 2.07. The van der Waals surface area contributed by atoms with E-state index in [9.17, 15) is 0 Å². The number of nitrogens with two attached hydrogens (primary N) is 1. The van der Waals surface area contributed by atoms with E-state index >= 15 is 0 Å². The van der Waals surface area contributed by atoms with E-state index in [-0.39, 0.29) is 5.95 Å². The minimum Gasteiger partial charge on any atom is -0.493 e. The van der Waals surface area contributed by atoms with E-state index in [2.05, 4.69) is 15.0 Å². The number of nitrogen functional groups attached to an aromatic ring is 1. The molecule has 0 saturated heterocycles. The van der Waals surface area contributed by atoms with Gasteiger partial charge in [0.15, 0.2) is 11.5 Å². The van der Waals surface area contributed by atoms with Crippen LogP contribution in [-0.2, 0) is 6.42 Å². The molecule has 0 unspecified atom stereocenters. The van der Waals surface area contributed by atoms with Crippen molar-refractivity contribution in [2.45, 2.75) is 13.3 Å². The van der Waals surface area contributed by atoms with Crippen LogP contribution in [0.4, 0.5) is 5.95 Å². The fourth-order valence-electron chi connectivity index (χ4n) is 1.81. The highest BCUT2D eigenvalue weighted by molar-refractivity contribution is 5.43. The second-order valence-electron chi connectivity index (χ2n) is 4.02. The SMILES string of the molecule is COc1ccc(Cc2nc(C)nc(N)n2)cc1OC. The van der Waals surface area contributed by atoms with Gasteiger partial charge in [-0.3, -0.25) is 0 Å². The van der Waals surface area contributed by atoms with Crippen LogP contribution in [0.25, 0.3) is 0 Å². The molecule has 2 aromatic rings. The van der Waals surface area contributed by atoms with E-state index in [1.807, 2.05) is 18.2 Å². The number of nitrogens with zero attached hydrogens (tertiary/aromatic N) is 3. The van der Waals surface area contributed by atoms with Crippen LogP contribution in [0, 0.1) is 6.92 Å². The first-order valence-corrected chi connectivity index (χ1v) is 5.80. The lowest BCUT2D eigenvalue weighted by Crippen LogP contribution is -2.05. The highest BCUT2D eigenvalue weighted by atomic mass is 16.5. The van der Waals surface area contributed by atoms with Crippen molar-refractivity contribution in [2.75, 3.05) is 20.0 Å². The molecule has 19 heavy (non-hydrogen) atoms. The lowest BCUT2D eigenvalue weighted by atomic mass is 10.1. The Bertz CT molecular complexity index is 567. The number of methoxy groups -OCH3 is 2. The molecule has 0 bridgehead atoms. The van der Waals surface area contributed by atoms with Crippen LogP contribution < -0.4 is 15.2 Å². The second kappa shape index (κ2) is 5.51. The van der Waals surface area contributed by atoms with Gasteiger partial charge < -0.3 is 15.2 Å². The van der Waals surface area contributed by atoms with Crippen LogP contribution in [0.15, 0.2) is 18.2 Å². The topological polar surface area (TPSA) is 83.2 Å². The largest absolute Gasteiger partial charge is 0.493 e. The molecule has 0 spiro atoms. The lowest BCUT2D eigenvalue weighted by Gasteiger charge is -2.09. The Labute approximate surface area is 111 Å². The van der Waals surface area contributed by atoms with Crippen molar-refractivity contribution in [2.24, 2.45) is 0 Å². The molecule has 2 rings (SSSR count). The number of anilines is 1. The summed E-state index contributed by atoms with van der Waals surface area (Å²) in [6.45, 7) is 1.79. The Morgan fingerprint density at radius 2 is 1.79 bits per heavy atom. The molecule has 0 fully saturated rings. The van der Waals surface area contributed by atoms with E-state index in [0.29, 0.717) is 29.6 Å². The number of rotatable bonds is 4. The van der Waals surface area contributed by atoms with Crippen LogP contribution in [0.1, 0.15) is 17.2 Å². The van der Waals surface area contributed by atoms with Gasteiger partial charge in [-0.25, -0.2) is 4.98 Å². The van der Waals surface area contributed by atoms with Gasteiger partial charge in [0.05, 0.1) is 14.2 Å².